The molecule has 3 atom stereocenters. The minimum absolute atomic E-state index is 0.0691. The highest BCUT2D eigenvalue weighted by atomic mass is 32.2. The fourth-order valence-corrected chi connectivity index (χ4v) is 6.78. The molecule has 3 aliphatic rings. The molecule has 0 spiro atoms. The highest BCUT2D eigenvalue weighted by Crippen LogP contribution is 2.40. The van der Waals surface area contributed by atoms with Crippen LogP contribution in [0.1, 0.15) is 58.1 Å². The number of piperidine rings is 1. The Balaban J connectivity index is 1.30. The van der Waals surface area contributed by atoms with E-state index in [9.17, 15) is 13.2 Å². The van der Waals surface area contributed by atoms with E-state index >= 15 is 0 Å². The van der Waals surface area contributed by atoms with E-state index in [1.54, 1.807) is 13.0 Å². The van der Waals surface area contributed by atoms with E-state index in [0.717, 1.165) is 12.8 Å². The van der Waals surface area contributed by atoms with Crippen molar-refractivity contribution in [3.8, 4) is 11.6 Å². The van der Waals surface area contributed by atoms with Crippen LogP contribution in [0.4, 0.5) is 16.3 Å². The lowest BCUT2D eigenvalue weighted by atomic mass is 10.0. The van der Waals surface area contributed by atoms with Crippen LogP contribution in [-0.4, -0.2) is 71.0 Å². The average Bonchev–Trinajstić information content (AvgIpc) is 3.66. The zero-order chi connectivity index (χ0) is 26.3. The Hall–Kier alpha value is -3.15. The summed E-state index contributed by atoms with van der Waals surface area (Å²) >= 11 is 0. The Morgan fingerprint density at radius 1 is 1.11 bits per heavy atom. The summed E-state index contributed by atoms with van der Waals surface area (Å²) in [6, 6.07) is 3.34. The number of nitrogens with zero attached hydrogens (tertiary/aromatic N) is 4. The number of pyridine rings is 1. The van der Waals surface area contributed by atoms with Gasteiger partial charge in [-0.25, -0.2) is 23.2 Å². The molecule has 1 aliphatic carbocycles. The fourth-order valence-electron chi connectivity index (χ4n) is 5.16. The lowest BCUT2D eigenvalue weighted by Gasteiger charge is -2.38. The van der Waals surface area contributed by atoms with Crippen LogP contribution in [0.5, 0.6) is 11.6 Å². The number of carbonyl (C=O) groups excluding carboxylic acids is 1. The Kier molecular flexibility index (Phi) is 6.86. The number of carbonyl (C=O) groups is 1. The van der Waals surface area contributed by atoms with Gasteiger partial charge >= 0.3 is 6.09 Å². The van der Waals surface area contributed by atoms with Crippen LogP contribution in [-0.2, 0) is 14.6 Å². The highest BCUT2D eigenvalue weighted by Gasteiger charge is 2.45. The van der Waals surface area contributed by atoms with Gasteiger partial charge in [0.05, 0.1) is 29.8 Å². The normalized spacial score (nSPS) is 23.2. The summed E-state index contributed by atoms with van der Waals surface area (Å²) in [5.74, 6) is 1.03. The molecule has 2 aromatic heterocycles. The van der Waals surface area contributed by atoms with Gasteiger partial charge in [0.25, 0.3) is 5.88 Å². The van der Waals surface area contributed by atoms with Crippen molar-refractivity contribution in [3.05, 3.63) is 24.2 Å². The molecule has 0 radical (unpaired) electrons. The Labute approximate surface area is 216 Å². The molecule has 200 valence electrons. The monoisotopic (exact) mass is 531 g/mol. The minimum Gasteiger partial charge on any atom is -0.489 e. The number of nitrogens with one attached hydrogen (secondary N) is 1. The number of anilines is 2. The van der Waals surface area contributed by atoms with Crippen LogP contribution in [0.3, 0.4) is 0 Å². The second-order valence-electron chi connectivity index (χ2n) is 10.1. The predicted octanol–water partition coefficient (Wildman–Crippen LogP) is 3.79. The first-order valence-corrected chi connectivity index (χ1v) is 14.2. The van der Waals surface area contributed by atoms with E-state index in [2.05, 4.69) is 20.3 Å². The van der Waals surface area contributed by atoms with E-state index in [-0.39, 0.29) is 40.7 Å². The summed E-state index contributed by atoms with van der Waals surface area (Å²) in [4.78, 5) is 27.4. The summed E-state index contributed by atoms with van der Waals surface area (Å²) in [6.07, 6.45) is 5.42. The van der Waals surface area contributed by atoms with Crippen molar-refractivity contribution in [1.29, 1.82) is 0 Å². The zero-order valence-corrected chi connectivity index (χ0v) is 22.3. The third kappa shape index (κ3) is 5.16. The molecule has 2 aromatic rings. The number of hydrogen-bond donors (Lipinski definition) is 1. The number of methoxy groups -OCH3 is 1. The van der Waals surface area contributed by atoms with Crippen molar-refractivity contribution in [1.82, 2.24) is 19.9 Å². The van der Waals surface area contributed by atoms with E-state index in [0.29, 0.717) is 54.5 Å². The fraction of sp³-hybridized carbons (Fsp3) is 0.600. The molecular weight excluding hydrogens is 498 g/mol. The molecule has 11 nitrogen and oxygen atoms in total. The summed E-state index contributed by atoms with van der Waals surface area (Å²) in [7, 11) is -1.86. The van der Waals surface area contributed by atoms with Crippen LogP contribution in [0, 0.1) is 6.92 Å². The molecule has 5 rings (SSSR count). The van der Waals surface area contributed by atoms with Gasteiger partial charge in [-0.2, -0.15) is 4.98 Å². The third-order valence-electron chi connectivity index (χ3n) is 7.06. The van der Waals surface area contributed by atoms with E-state index in [1.165, 1.54) is 19.5 Å². The maximum absolute atomic E-state index is 12.6. The number of amides is 1. The topological polar surface area (TPSA) is 133 Å². The van der Waals surface area contributed by atoms with Crippen LogP contribution >= 0.6 is 0 Å². The predicted molar refractivity (Wildman–Crippen MR) is 135 cm³/mol. The van der Waals surface area contributed by atoms with Gasteiger partial charge in [0.15, 0.2) is 20.7 Å². The largest absolute Gasteiger partial charge is 0.489 e. The van der Waals surface area contributed by atoms with Crippen molar-refractivity contribution >= 4 is 27.4 Å². The lowest BCUT2D eigenvalue weighted by Crippen LogP contribution is -2.49. The first-order chi connectivity index (χ1) is 17.7. The van der Waals surface area contributed by atoms with Gasteiger partial charge in [-0.05, 0) is 58.6 Å². The number of aromatic nitrogens is 3. The van der Waals surface area contributed by atoms with Gasteiger partial charge in [0, 0.05) is 24.9 Å². The van der Waals surface area contributed by atoms with E-state index < -0.39 is 9.84 Å². The Morgan fingerprint density at radius 3 is 2.41 bits per heavy atom. The molecule has 0 aromatic carbocycles. The summed E-state index contributed by atoms with van der Waals surface area (Å²) < 4.78 is 42.4. The molecule has 37 heavy (non-hydrogen) atoms. The maximum atomic E-state index is 12.6. The average molecular weight is 532 g/mol. The summed E-state index contributed by atoms with van der Waals surface area (Å²) in [5, 5.41) is 2.96. The van der Waals surface area contributed by atoms with Gasteiger partial charge in [0.1, 0.15) is 12.4 Å². The third-order valence-corrected chi connectivity index (χ3v) is 9.22. The Bertz CT molecular complexity index is 1270. The summed E-state index contributed by atoms with van der Waals surface area (Å²) in [6.45, 7) is 5.45. The van der Waals surface area contributed by atoms with Gasteiger partial charge in [-0.3, -0.25) is 0 Å². The van der Waals surface area contributed by atoms with Crippen LogP contribution < -0.4 is 14.8 Å². The molecule has 2 aliphatic heterocycles. The number of rotatable bonds is 8. The van der Waals surface area contributed by atoms with Crippen LogP contribution in [0.2, 0.25) is 0 Å². The van der Waals surface area contributed by atoms with Crippen molar-refractivity contribution in [2.45, 2.75) is 93.9 Å². The van der Waals surface area contributed by atoms with Crippen molar-refractivity contribution < 1.29 is 27.4 Å². The quantitative estimate of drug-likeness (QED) is 0.536. The lowest BCUT2D eigenvalue weighted by molar-refractivity contribution is 0.0202. The van der Waals surface area contributed by atoms with E-state index in [4.69, 9.17) is 14.2 Å². The van der Waals surface area contributed by atoms with E-state index in [1.807, 2.05) is 18.7 Å². The molecular formula is C25H33N5O6S. The number of sulfone groups is 1. The number of fused-ring (bicyclic) bond motifs is 2. The van der Waals surface area contributed by atoms with Gasteiger partial charge < -0.3 is 24.4 Å². The molecule has 2 saturated heterocycles. The molecule has 1 saturated carbocycles. The van der Waals surface area contributed by atoms with Gasteiger partial charge in [-0.1, -0.05) is 0 Å². The van der Waals surface area contributed by atoms with Gasteiger partial charge in [0.2, 0.25) is 5.75 Å². The smallest absolute Gasteiger partial charge is 0.410 e. The minimum atomic E-state index is -3.37. The van der Waals surface area contributed by atoms with Crippen molar-refractivity contribution in [3.63, 3.8) is 0 Å². The van der Waals surface area contributed by atoms with Crippen LogP contribution in [0.15, 0.2) is 23.5 Å². The number of ether oxygens (including phenoxy) is 3. The van der Waals surface area contributed by atoms with Crippen LogP contribution in [0.25, 0.3) is 0 Å². The highest BCUT2D eigenvalue weighted by molar-refractivity contribution is 7.92. The van der Waals surface area contributed by atoms with Gasteiger partial charge in [-0.15, -0.1) is 0 Å². The Morgan fingerprint density at radius 2 is 1.81 bits per heavy atom. The molecule has 1 unspecified atom stereocenters. The first kappa shape index (κ1) is 25.5. The zero-order valence-electron chi connectivity index (χ0n) is 21.5. The first-order valence-electron chi connectivity index (χ1n) is 12.7. The molecule has 1 N–H and O–H groups in total. The van der Waals surface area contributed by atoms with Crippen molar-refractivity contribution in [2.75, 3.05) is 12.4 Å². The molecule has 1 amide bonds. The number of hydrogen-bond acceptors (Lipinski definition) is 10. The standard InChI is InChI=1S/C25H33N5O6S/c1-14(2)35-25(31)30-16-5-6-17(30)12-18(11-16)36-24-22(34-4)23(26-13-27-24)29-20-9-10-21(28-15(20)3)37(32,33)19-7-8-19/h9-10,13-14,16-19H,5-8,11-12H2,1-4H3,(H,26,27,29)/t16-,17?,18+/m0/s1. The summed E-state index contributed by atoms with van der Waals surface area (Å²) in [5.41, 5.74) is 1.13. The SMILES string of the molecule is COc1c(Nc2ccc(S(=O)(=O)C3CC3)nc2C)ncnc1O[C@H]1CC2CC[C@@H](C1)N2C(=O)OC(C)C. The molecule has 2 bridgehead atoms. The maximum Gasteiger partial charge on any atom is 0.410 e. The second kappa shape index (κ2) is 9.96. The second-order valence-corrected chi connectivity index (χ2v) is 12.3. The molecule has 12 heteroatoms. The molecule has 4 heterocycles. The van der Waals surface area contributed by atoms with Crippen molar-refractivity contribution in [2.24, 2.45) is 0 Å². The number of aryl methyl sites for hydroxylation is 1. The molecule has 3 fully saturated rings.